The monoisotopic (exact) mass is 342 g/mol. The second-order valence-electron chi connectivity index (χ2n) is 3.81. The Labute approximate surface area is 122 Å². The molecule has 0 saturated carbocycles. The number of hydrogen-bond donors (Lipinski definition) is 2. The minimum absolute atomic E-state index is 0.0792. The predicted octanol–water partition coefficient (Wildman–Crippen LogP) is 4.08. The number of benzene rings is 2. The standard InChI is InChI=1S/C13H9BrClFN2O/c14-10-6-11(16)12(17)5-9(10)13(19)18-8-3-1-7(15)2-4-8/h1-6H,17H2,(H,18,19). The molecular weight excluding hydrogens is 335 g/mol. The Bertz CT molecular complexity index is 631. The van der Waals surface area contributed by atoms with Crippen molar-refractivity contribution >= 4 is 44.8 Å². The molecule has 0 aliphatic rings. The smallest absolute Gasteiger partial charge is 0.256 e. The van der Waals surface area contributed by atoms with Crippen LogP contribution >= 0.6 is 27.5 Å². The van der Waals surface area contributed by atoms with Gasteiger partial charge in [-0.05, 0) is 52.3 Å². The van der Waals surface area contributed by atoms with E-state index >= 15 is 0 Å². The minimum atomic E-state index is -0.574. The van der Waals surface area contributed by atoms with Crippen LogP contribution in [0.3, 0.4) is 0 Å². The van der Waals surface area contributed by atoms with Gasteiger partial charge < -0.3 is 11.1 Å². The van der Waals surface area contributed by atoms with Crippen LogP contribution in [0.4, 0.5) is 15.8 Å². The van der Waals surface area contributed by atoms with E-state index in [9.17, 15) is 9.18 Å². The first kappa shape index (κ1) is 13.8. The Balaban J connectivity index is 2.25. The van der Waals surface area contributed by atoms with E-state index in [0.29, 0.717) is 15.2 Å². The van der Waals surface area contributed by atoms with E-state index in [0.717, 1.165) is 6.07 Å². The van der Waals surface area contributed by atoms with Crippen molar-refractivity contribution in [1.29, 1.82) is 0 Å². The third kappa shape index (κ3) is 3.24. The van der Waals surface area contributed by atoms with Gasteiger partial charge >= 0.3 is 0 Å². The molecule has 0 aliphatic carbocycles. The molecule has 3 N–H and O–H groups in total. The van der Waals surface area contributed by atoms with Gasteiger partial charge in [-0.25, -0.2) is 4.39 Å². The zero-order chi connectivity index (χ0) is 14.0. The molecule has 6 heteroatoms. The maximum absolute atomic E-state index is 13.2. The highest BCUT2D eigenvalue weighted by atomic mass is 79.9. The highest BCUT2D eigenvalue weighted by Gasteiger charge is 2.13. The third-order valence-electron chi connectivity index (χ3n) is 2.43. The van der Waals surface area contributed by atoms with Crippen LogP contribution in [0.25, 0.3) is 0 Å². The molecule has 3 nitrogen and oxygen atoms in total. The molecule has 0 atom stereocenters. The second kappa shape index (κ2) is 5.59. The normalized spacial score (nSPS) is 10.3. The average Bonchev–Trinajstić information content (AvgIpc) is 2.36. The number of carbonyl (C=O) groups excluding carboxylic acids is 1. The number of nitrogens with two attached hydrogens (primary N) is 1. The van der Waals surface area contributed by atoms with Crippen LogP contribution in [0.1, 0.15) is 10.4 Å². The number of hydrogen-bond acceptors (Lipinski definition) is 2. The van der Waals surface area contributed by atoms with Crippen LogP contribution in [0, 0.1) is 5.82 Å². The number of anilines is 2. The molecule has 2 rings (SSSR count). The summed E-state index contributed by atoms with van der Waals surface area (Å²) in [4.78, 5) is 12.0. The van der Waals surface area contributed by atoms with Crippen LogP contribution in [-0.2, 0) is 0 Å². The molecule has 19 heavy (non-hydrogen) atoms. The Kier molecular flexibility index (Phi) is 4.07. The lowest BCUT2D eigenvalue weighted by Gasteiger charge is -2.08. The van der Waals surface area contributed by atoms with Crippen molar-refractivity contribution in [3.8, 4) is 0 Å². The summed E-state index contributed by atoms with van der Waals surface area (Å²) in [7, 11) is 0. The summed E-state index contributed by atoms with van der Waals surface area (Å²) in [6.07, 6.45) is 0. The van der Waals surface area contributed by atoms with Gasteiger partial charge in [0.15, 0.2) is 0 Å². The summed E-state index contributed by atoms with van der Waals surface area (Å²) in [5.41, 5.74) is 6.21. The van der Waals surface area contributed by atoms with Gasteiger partial charge in [-0.2, -0.15) is 0 Å². The Morgan fingerprint density at radius 2 is 1.89 bits per heavy atom. The van der Waals surface area contributed by atoms with E-state index in [2.05, 4.69) is 21.2 Å². The quantitative estimate of drug-likeness (QED) is 0.807. The molecule has 0 saturated heterocycles. The fourth-order valence-corrected chi connectivity index (χ4v) is 2.09. The maximum atomic E-state index is 13.2. The first-order chi connectivity index (χ1) is 8.97. The first-order valence-electron chi connectivity index (χ1n) is 5.29. The molecule has 0 aliphatic heterocycles. The van der Waals surface area contributed by atoms with E-state index in [1.807, 2.05) is 0 Å². The molecule has 98 valence electrons. The summed E-state index contributed by atoms with van der Waals surface area (Å²) >= 11 is 8.88. The Hall–Kier alpha value is -1.59. The number of halogens is 3. The molecule has 2 aromatic rings. The lowest BCUT2D eigenvalue weighted by Crippen LogP contribution is -2.13. The summed E-state index contributed by atoms with van der Waals surface area (Å²) in [6, 6.07) is 9.09. The van der Waals surface area contributed by atoms with Crippen molar-refractivity contribution in [3.05, 3.63) is 57.3 Å². The van der Waals surface area contributed by atoms with Crippen molar-refractivity contribution in [2.24, 2.45) is 0 Å². The Morgan fingerprint density at radius 3 is 2.53 bits per heavy atom. The lowest BCUT2D eigenvalue weighted by molar-refractivity contribution is 0.102. The van der Waals surface area contributed by atoms with Crippen molar-refractivity contribution in [2.75, 3.05) is 11.1 Å². The summed E-state index contributed by atoms with van der Waals surface area (Å²) < 4.78 is 13.5. The SMILES string of the molecule is Nc1cc(C(=O)Nc2ccc(Cl)cc2)c(Br)cc1F. The molecule has 2 aromatic carbocycles. The van der Waals surface area contributed by atoms with Gasteiger partial charge in [0.1, 0.15) is 5.82 Å². The van der Waals surface area contributed by atoms with Gasteiger partial charge in [0.2, 0.25) is 0 Å². The largest absolute Gasteiger partial charge is 0.396 e. The van der Waals surface area contributed by atoms with Crippen LogP contribution in [0.5, 0.6) is 0 Å². The van der Waals surface area contributed by atoms with Crippen molar-refractivity contribution in [1.82, 2.24) is 0 Å². The Morgan fingerprint density at radius 1 is 1.26 bits per heavy atom. The second-order valence-corrected chi connectivity index (χ2v) is 5.11. The summed E-state index contributed by atoms with van der Waals surface area (Å²) in [5.74, 6) is -0.962. The van der Waals surface area contributed by atoms with Crippen LogP contribution in [-0.4, -0.2) is 5.91 Å². The van der Waals surface area contributed by atoms with E-state index < -0.39 is 5.82 Å². The number of nitrogens with one attached hydrogen (secondary N) is 1. The van der Waals surface area contributed by atoms with Gasteiger partial charge in [0.25, 0.3) is 5.91 Å². The number of nitrogen functional groups attached to an aromatic ring is 1. The van der Waals surface area contributed by atoms with E-state index in [1.54, 1.807) is 24.3 Å². The molecule has 0 spiro atoms. The van der Waals surface area contributed by atoms with Crippen molar-refractivity contribution in [3.63, 3.8) is 0 Å². The van der Waals surface area contributed by atoms with Crippen LogP contribution < -0.4 is 11.1 Å². The van der Waals surface area contributed by atoms with Gasteiger partial charge in [-0.15, -0.1) is 0 Å². The van der Waals surface area contributed by atoms with E-state index in [-0.39, 0.29) is 17.2 Å². The predicted molar refractivity (Wildman–Crippen MR) is 77.9 cm³/mol. The van der Waals surface area contributed by atoms with E-state index in [4.69, 9.17) is 17.3 Å². The highest BCUT2D eigenvalue weighted by molar-refractivity contribution is 9.10. The number of carbonyl (C=O) groups is 1. The maximum Gasteiger partial charge on any atom is 0.256 e. The van der Waals surface area contributed by atoms with Gasteiger partial charge in [-0.3, -0.25) is 4.79 Å². The molecular formula is C13H9BrClFN2O. The summed E-state index contributed by atoms with van der Waals surface area (Å²) in [5, 5.41) is 3.24. The van der Waals surface area contributed by atoms with Crippen LogP contribution in [0.15, 0.2) is 40.9 Å². The molecule has 0 aromatic heterocycles. The topological polar surface area (TPSA) is 55.1 Å². The van der Waals surface area contributed by atoms with Crippen molar-refractivity contribution in [2.45, 2.75) is 0 Å². The highest BCUT2D eigenvalue weighted by Crippen LogP contribution is 2.24. The molecule has 0 unspecified atom stereocenters. The zero-order valence-corrected chi connectivity index (χ0v) is 11.9. The summed E-state index contributed by atoms with van der Waals surface area (Å²) in [6.45, 7) is 0. The number of rotatable bonds is 2. The molecule has 0 heterocycles. The minimum Gasteiger partial charge on any atom is -0.396 e. The third-order valence-corrected chi connectivity index (χ3v) is 3.34. The fraction of sp³-hybridized carbons (Fsp3) is 0. The average molecular weight is 344 g/mol. The lowest BCUT2D eigenvalue weighted by atomic mass is 10.1. The van der Waals surface area contributed by atoms with Crippen molar-refractivity contribution < 1.29 is 9.18 Å². The number of amides is 1. The van der Waals surface area contributed by atoms with Gasteiger partial charge in [-0.1, -0.05) is 11.6 Å². The van der Waals surface area contributed by atoms with Gasteiger partial charge in [0, 0.05) is 15.2 Å². The molecule has 0 fully saturated rings. The molecule has 0 bridgehead atoms. The molecule has 1 amide bonds. The first-order valence-corrected chi connectivity index (χ1v) is 6.46. The fourth-order valence-electron chi connectivity index (χ4n) is 1.47. The zero-order valence-electron chi connectivity index (χ0n) is 9.58. The van der Waals surface area contributed by atoms with E-state index in [1.165, 1.54) is 6.07 Å². The molecule has 0 radical (unpaired) electrons. The van der Waals surface area contributed by atoms with Gasteiger partial charge in [0.05, 0.1) is 11.3 Å². The van der Waals surface area contributed by atoms with Crippen LogP contribution in [0.2, 0.25) is 5.02 Å².